The van der Waals surface area contributed by atoms with Gasteiger partial charge < -0.3 is 15.5 Å². The van der Waals surface area contributed by atoms with Crippen LogP contribution in [0.4, 0.5) is 0 Å². The predicted molar refractivity (Wildman–Crippen MR) is 81.3 cm³/mol. The van der Waals surface area contributed by atoms with Gasteiger partial charge in [0.25, 0.3) is 0 Å². The number of hydrogen-bond donors (Lipinski definition) is 1. The van der Waals surface area contributed by atoms with E-state index in [1.165, 1.54) is 24.9 Å². The third kappa shape index (κ3) is 4.03. The highest BCUT2D eigenvalue weighted by Crippen LogP contribution is 2.17. The third-order valence-corrected chi connectivity index (χ3v) is 4.38. The van der Waals surface area contributed by atoms with E-state index in [9.17, 15) is 0 Å². The zero-order valence-corrected chi connectivity index (χ0v) is 12.3. The average Bonchev–Trinajstić information content (AvgIpc) is 2.82. The summed E-state index contributed by atoms with van der Waals surface area (Å²) in [6, 6.07) is 11.8. The Kier molecular flexibility index (Phi) is 5.37. The zero-order chi connectivity index (χ0) is 13.7. The molecule has 0 spiro atoms. The van der Waals surface area contributed by atoms with Gasteiger partial charge in [0.2, 0.25) is 0 Å². The standard InChI is InChI=1S/C16H27N3/c1-18-10-6-9-15(18)13-19(2)16(12-17)11-14-7-4-3-5-8-14/h3-5,7-8,15-16H,6,9-13,17H2,1-2H3. The summed E-state index contributed by atoms with van der Waals surface area (Å²) in [6.45, 7) is 3.09. The number of benzene rings is 1. The Labute approximate surface area is 117 Å². The fraction of sp³-hybridized carbons (Fsp3) is 0.625. The zero-order valence-electron chi connectivity index (χ0n) is 12.3. The number of rotatable bonds is 6. The average molecular weight is 261 g/mol. The number of hydrogen-bond acceptors (Lipinski definition) is 3. The second-order valence-electron chi connectivity index (χ2n) is 5.80. The molecule has 2 N–H and O–H groups in total. The SMILES string of the molecule is CN1CCCC1CN(C)C(CN)Cc1ccccc1. The molecule has 1 aromatic rings. The molecule has 1 fully saturated rings. The number of likely N-dealkylation sites (N-methyl/N-ethyl adjacent to an activating group) is 2. The summed E-state index contributed by atoms with van der Waals surface area (Å²) in [6.07, 6.45) is 3.70. The van der Waals surface area contributed by atoms with Crippen molar-refractivity contribution in [3.05, 3.63) is 35.9 Å². The molecule has 0 radical (unpaired) electrons. The van der Waals surface area contributed by atoms with Crippen LogP contribution in [0.3, 0.4) is 0 Å². The van der Waals surface area contributed by atoms with Gasteiger partial charge in [0.1, 0.15) is 0 Å². The van der Waals surface area contributed by atoms with E-state index in [1.807, 2.05) is 0 Å². The van der Waals surface area contributed by atoms with Crippen LogP contribution in [-0.4, -0.2) is 55.6 Å². The Morgan fingerprint density at radius 1 is 1.37 bits per heavy atom. The summed E-state index contributed by atoms with van der Waals surface area (Å²) in [5.41, 5.74) is 7.35. The van der Waals surface area contributed by atoms with Crippen molar-refractivity contribution < 1.29 is 0 Å². The molecule has 1 aliphatic heterocycles. The molecule has 19 heavy (non-hydrogen) atoms. The Balaban J connectivity index is 1.89. The van der Waals surface area contributed by atoms with E-state index < -0.39 is 0 Å². The van der Waals surface area contributed by atoms with E-state index in [-0.39, 0.29) is 0 Å². The van der Waals surface area contributed by atoms with Crippen LogP contribution in [0.15, 0.2) is 30.3 Å². The molecule has 1 aliphatic rings. The summed E-state index contributed by atoms with van der Waals surface area (Å²) >= 11 is 0. The largest absolute Gasteiger partial charge is 0.329 e. The minimum absolute atomic E-state index is 0.441. The van der Waals surface area contributed by atoms with Crippen molar-refractivity contribution in [2.24, 2.45) is 5.73 Å². The molecular formula is C16H27N3. The summed E-state index contributed by atoms with van der Waals surface area (Å²) in [7, 11) is 4.45. The van der Waals surface area contributed by atoms with Crippen molar-refractivity contribution in [1.29, 1.82) is 0 Å². The lowest BCUT2D eigenvalue weighted by atomic mass is 10.0. The normalized spacial score (nSPS) is 22.0. The molecular weight excluding hydrogens is 234 g/mol. The first-order chi connectivity index (χ1) is 9.20. The highest BCUT2D eigenvalue weighted by atomic mass is 15.2. The molecule has 0 saturated carbocycles. The topological polar surface area (TPSA) is 32.5 Å². The molecule has 2 rings (SSSR count). The maximum Gasteiger partial charge on any atom is 0.0256 e. The third-order valence-electron chi connectivity index (χ3n) is 4.38. The van der Waals surface area contributed by atoms with E-state index in [4.69, 9.17) is 5.73 Å². The second kappa shape index (κ2) is 7.04. The lowest BCUT2D eigenvalue weighted by molar-refractivity contribution is 0.178. The smallest absolute Gasteiger partial charge is 0.0256 e. The summed E-state index contributed by atoms with van der Waals surface area (Å²) < 4.78 is 0. The molecule has 3 heteroatoms. The summed E-state index contributed by atoms with van der Waals surface area (Å²) in [5.74, 6) is 0. The Hall–Kier alpha value is -0.900. The first-order valence-electron chi connectivity index (χ1n) is 7.35. The molecule has 0 aliphatic carbocycles. The lowest BCUT2D eigenvalue weighted by Crippen LogP contribution is -2.45. The van der Waals surface area contributed by atoms with Gasteiger partial charge in [-0.25, -0.2) is 0 Å². The van der Waals surface area contributed by atoms with Gasteiger partial charge in [0.05, 0.1) is 0 Å². The van der Waals surface area contributed by atoms with Gasteiger partial charge in [0, 0.05) is 25.2 Å². The predicted octanol–water partition coefficient (Wildman–Crippen LogP) is 1.58. The highest BCUT2D eigenvalue weighted by molar-refractivity contribution is 5.16. The fourth-order valence-corrected chi connectivity index (χ4v) is 3.00. The van der Waals surface area contributed by atoms with Gasteiger partial charge in [-0.1, -0.05) is 30.3 Å². The molecule has 1 saturated heterocycles. The van der Waals surface area contributed by atoms with Crippen LogP contribution in [0.25, 0.3) is 0 Å². The van der Waals surface area contributed by atoms with Crippen molar-refractivity contribution in [1.82, 2.24) is 9.80 Å². The van der Waals surface area contributed by atoms with Gasteiger partial charge in [-0.15, -0.1) is 0 Å². The van der Waals surface area contributed by atoms with Gasteiger partial charge in [-0.2, -0.15) is 0 Å². The first-order valence-corrected chi connectivity index (χ1v) is 7.35. The molecule has 3 nitrogen and oxygen atoms in total. The minimum atomic E-state index is 0.441. The van der Waals surface area contributed by atoms with Crippen LogP contribution in [0.2, 0.25) is 0 Å². The van der Waals surface area contributed by atoms with E-state index >= 15 is 0 Å². The van der Waals surface area contributed by atoms with Crippen LogP contribution < -0.4 is 5.73 Å². The number of nitrogens with two attached hydrogens (primary N) is 1. The van der Waals surface area contributed by atoms with Crippen molar-refractivity contribution in [3.63, 3.8) is 0 Å². The van der Waals surface area contributed by atoms with E-state index in [1.54, 1.807) is 0 Å². The van der Waals surface area contributed by atoms with E-state index in [0.717, 1.165) is 19.5 Å². The second-order valence-corrected chi connectivity index (χ2v) is 5.80. The first kappa shape index (κ1) is 14.5. The van der Waals surface area contributed by atoms with E-state index in [2.05, 4.69) is 54.2 Å². The molecule has 0 amide bonds. The molecule has 0 bridgehead atoms. The lowest BCUT2D eigenvalue weighted by Gasteiger charge is -2.31. The molecule has 1 aromatic carbocycles. The quantitative estimate of drug-likeness (QED) is 0.844. The van der Waals surface area contributed by atoms with Crippen molar-refractivity contribution >= 4 is 0 Å². The van der Waals surface area contributed by atoms with Crippen LogP contribution >= 0.6 is 0 Å². The van der Waals surface area contributed by atoms with Crippen molar-refractivity contribution in [2.45, 2.75) is 31.3 Å². The number of likely N-dealkylation sites (tertiary alicyclic amines) is 1. The molecule has 0 aromatic heterocycles. The Morgan fingerprint density at radius 2 is 2.11 bits per heavy atom. The van der Waals surface area contributed by atoms with Crippen LogP contribution in [0.5, 0.6) is 0 Å². The van der Waals surface area contributed by atoms with Crippen LogP contribution in [0, 0.1) is 0 Å². The summed E-state index contributed by atoms with van der Waals surface area (Å²) in [4.78, 5) is 4.92. The number of nitrogens with zero attached hydrogens (tertiary/aromatic N) is 2. The van der Waals surface area contributed by atoms with Gasteiger partial charge >= 0.3 is 0 Å². The highest BCUT2D eigenvalue weighted by Gasteiger charge is 2.24. The van der Waals surface area contributed by atoms with Gasteiger partial charge in [-0.05, 0) is 45.5 Å². The van der Waals surface area contributed by atoms with Gasteiger partial charge in [0.15, 0.2) is 0 Å². The summed E-state index contributed by atoms with van der Waals surface area (Å²) in [5, 5.41) is 0. The molecule has 106 valence electrons. The van der Waals surface area contributed by atoms with Crippen molar-refractivity contribution in [3.8, 4) is 0 Å². The molecule has 2 atom stereocenters. The monoisotopic (exact) mass is 261 g/mol. The van der Waals surface area contributed by atoms with Crippen LogP contribution in [-0.2, 0) is 6.42 Å². The van der Waals surface area contributed by atoms with E-state index in [0.29, 0.717) is 12.1 Å². The molecule has 1 heterocycles. The van der Waals surface area contributed by atoms with Crippen molar-refractivity contribution in [2.75, 3.05) is 33.7 Å². The maximum absolute atomic E-state index is 5.98. The molecule has 2 unspecified atom stereocenters. The van der Waals surface area contributed by atoms with Crippen LogP contribution in [0.1, 0.15) is 18.4 Å². The van der Waals surface area contributed by atoms with Gasteiger partial charge in [-0.3, -0.25) is 0 Å². The fourth-order valence-electron chi connectivity index (χ4n) is 3.00. The Bertz CT molecular complexity index is 366. The Morgan fingerprint density at radius 3 is 2.68 bits per heavy atom. The maximum atomic E-state index is 5.98. The minimum Gasteiger partial charge on any atom is -0.329 e.